The molecule has 0 spiro atoms. The molecule has 0 aliphatic carbocycles. The Balaban J connectivity index is 2.24. The van der Waals surface area contributed by atoms with Crippen LogP contribution in [0.25, 0.3) is 0 Å². The van der Waals surface area contributed by atoms with Crippen molar-refractivity contribution in [2.45, 2.75) is 19.4 Å². The Hall–Kier alpha value is -1.71. The van der Waals surface area contributed by atoms with Crippen LogP contribution in [0.2, 0.25) is 0 Å². The van der Waals surface area contributed by atoms with E-state index in [4.69, 9.17) is 14.6 Å². The maximum atomic E-state index is 10.9. The third-order valence-corrected chi connectivity index (χ3v) is 2.94. The van der Waals surface area contributed by atoms with Gasteiger partial charge in [-0.05, 0) is 19.1 Å². The number of rotatable bonds is 3. The maximum Gasteiger partial charge on any atom is 0.309 e. The zero-order valence-corrected chi connectivity index (χ0v) is 9.27. The maximum absolute atomic E-state index is 10.9. The zero-order chi connectivity index (χ0) is 11.7. The SMILES string of the molecule is COc1cccc2c1CC(C(C)C(=O)O)O2. The summed E-state index contributed by atoms with van der Waals surface area (Å²) in [4.78, 5) is 10.9. The summed E-state index contributed by atoms with van der Waals surface area (Å²) in [6, 6.07) is 5.54. The van der Waals surface area contributed by atoms with Crippen molar-refractivity contribution in [3.63, 3.8) is 0 Å². The van der Waals surface area contributed by atoms with E-state index in [1.807, 2.05) is 18.2 Å². The molecule has 0 radical (unpaired) electrons. The highest BCUT2D eigenvalue weighted by Crippen LogP contribution is 2.37. The van der Waals surface area contributed by atoms with Crippen LogP contribution < -0.4 is 9.47 Å². The van der Waals surface area contributed by atoms with Crippen molar-refractivity contribution >= 4 is 5.97 Å². The third kappa shape index (κ3) is 1.71. The predicted octanol–water partition coefficient (Wildman–Crippen LogP) is 1.72. The molecule has 0 amide bonds. The molecular weight excluding hydrogens is 208 g/mol. The van der Waals surface area contributed by atoms with Gasteiger partial charge in [0.25, 0.3) is 0 Å². The van der Waals surface area contributed by atoms with Gasteiger partial charge in [-0.2, -0.15) is 0 Å². The molecule has 1 aromatic rings. The summed E-state index contributed by atoms with van der Waals surface area (Å²) >= 11 is 0. The number of aliphatic carboxylic acids is 1. The van der Waals surface area contributed by atoms with Crippen LogP contribution >= 0.6 is 0 Å². The number of hydrogen-bond acceptors (Lipinski definition) is 3. The van der Waals surface area contributed by atoms with Crippen LogP contribution in [0.1, 0.15) is 12.5 Å². The van der Waals surface area contributed by atoms with Crippen molar-refractivity contribution in [3.05, 3.63) is 23.8 Å². The summed E-state index contributed by atoms with van der Waals surface area (Å²) < 4.78 is 10.8. The first-order valence-corrected chi connectivity index (χ1v) is 5.19. The summed E-state index contributed by atoms with van der Waals surface area (Å²) in [5.41, 5.74) is 0.961. The van der Waals surface area contributed by atoms with Crippen LogP contribution in [0, 0.1) is 5.92 Å². The van der Waals surface area contributed by atoms with Crippen LogP contribution in [0.5, 0.6) is 11.5 Å². The molecule has 86 valence electrons. The highest BCUT2D eigenvalue weighted by Gasteiger charge is 2.33. The summed E-state index contributed by atoms with van der Waals surface area (Å²) in [6.45, 7) is 1.66. The Morgan fingerprint density at radius 2 is 2.38 bits per heavy atom. The van der Waals surface area contributed by atoms with Gasteiger partial charge in [0.2, 0.25) is 0 Å². The minimum Gasteiger partial charge on any atom is -0.496 e. The van der Waals surface area contributed by atoms with Gasteiger partial charge in [-0.15, -0.1) is 0 Å². The van der Waals surface area contributed by atoms with Crippen LogP contribution in [0.15, 0.2) is 18.2 Å². The van der Waals surface area contributed by atoms with Gasteiger partial charge in [0.05, 0.1) is 13.0 Å². The van der Waals surface area contributed by atoms with Gasteiger partial charge >= 0.3 is 5.97 Å². The highest BCUT2D eigenvalue weighted by molar-refractivity contribution is 5.70. The minimum atomic E-state index is -0.836. The van der Waals surface area contributed by atoms with Gasteiger partial charge in [-0.25, -0.2) is 0 Å². The van der Waals surface area contributed by atoms with E-state index in [0.717, 1.165) is 17.1 Å². The van der Waals surface area contributed by atoms with Crippen molar-refractivity contribution in [2.24, 2.45) is 5.92 Å². The van der Waals surface area contributed by atoms with E-state index in [2.05, 4.69) is 0 Å². The first kappa shape index (κ1) is 10.8. The van der Waals surface area contributed by atoms with E-state index in [0.29, 0.717) is 6.42 Å². The Labute approximate surface area is 93.8 Å². The molecule has 1 aromatic carbocycles. The minimum absolute atomic E-state index is 0.302. The second-order valence-corrected chi connectivity index (χ2v) is 3.92. The molecule has 0 aromatic heterocycles. The van der Waals surface area contributed by atoms with Crippen LogP contribution in [-0.4, -0.2) is 24.3 Å². The number of carboxylic acids is 1. The molecule has 0 saturated heterocycles. The van der Waals surface area contributed by atoms with Crippen molar-refractivity contribution in [1.29, 1.82) is 0 Å². The molecule has 0 fully saturated rings. The number of benzene rings is 1. The van der Waals surface area contributed by atoms with Crippen LogP contribution in [0.4, 0.5) is 0 Å². The molecule has 2 rings (SSSR count). The van der Waals surface area contributed by atoms with Crippen LogP contribution in [-0.2, 0) is 11.2 Å². The number of fused-ring (bicyclic) bond motifs is 1. The summed E-state index contributed by atoms with van der Waals surface area (Å²) in [5, 5.41) is 8.94. The van der Waals surface area contributed by atoms with E-state index < -0.39 is 11.9 Å². The normalized spacial score (nSPS) is 19.8. The van der Waals surface area contributed by atoms with Gasteiger partial charge in [0.15, 0.2) is 0 Å². The van der Waals surface area contributed by atoms with Crippen molar-refractivity contribution in [1.82, 2.24) is 0 Å². The number of ether oxygens (including phenoxy) is 2. The van der Waals surface area contributed by atoms with E-state index in [9.17, 15) is 4.79 Å². The van der Waals surface area contributed by atoms with Gasteiger partial charge in [0.1, 0.15) is 17.6 Å². The molecule has 0 bridgehead atoms. The second kappa shape index (κ2) is 4.04. The van der Waals surface area contributed by atoms with Gasteiger partial charge in [-0.1, -0.05) is 6.07 Å². The predicted molar refractivity (Wildman–Crippen MR) is 57.9 cm³/mol. The Bertz CT molecular complexity index is 413. The largest absolute Gasteiger partial charge is 0.496 e. The lowest BCUT2D eigenvalue weighted by Gasteiger charge is -2.14. The summed E-state index contributed by atoms with van der Waals surface area (Å²) in [5.74, 6) is 0.143. The van der Waals surface area contributed by atoms with E-state index in [1.165, 1.54) is 0 Å². The fourth-order valence-corrected chi connectivity index (χ4v) is 1.89. The standard InChI is InChI=1S/C12H14O4/c1-7(12(13)14)11-6-8-9(15-2)4-3-5-10(8)16-11/h3-5,7,11H,6H2,1-2H3,(H,13,14). The molecule has 1 aliphatic rings. The first-order valence-electron chi connectivity index (χ1n) is 5.19. The molecule has 0 saturated carbocycles. The number of hydrogen-bond donors (Lipinski definition) is 1. The molecular formula is C12H14O4. The average molecular weight is 222 g/mol. The quantitative estimate of drug-likeness (QED) is 0.846. The molecule has 2 atom stereocenters. The van der Waals surface area contributed by atoms with Crippen LogP contribution in [0.3, 0.4) is 0 Å². The molecule has 1 heterocycles. The summed E-state index contributed by atoms with van der Waals surface area (Å²) in [7, 11) is 1.60. The lowest BCUT2D eigenvalue weighted by atomic mass is 9.99. The fourth-order valence-electron chi connectivity index (χ4n) is 1.89. The third-order valence-electron chi connectivity index (χ3n) is 2.94. The monoisotopic (exact) mass is 222 g/mol. The number of carboxylic acid groups (broad SMARTS) is 1. The van der Waals surface area contributed by atoms with Gasteiger partial charge in [-0.3, -0.25) is 4.79 Å². The lowest BCUT2D eigenvalue weighted by Crippen LogP contribution is -2.29. The Morgan fingerprint density at radius 1 is 1.62 bits per heavy atom. The fraction of sp³-hybridized carbons (Fsp3) is 0.417. The molecule has 4 nitrogen and oxygen atoms in total. The molecule has 2 unspecified atom stereocenters. The van der Waals surface area contributed by atoms with E-state index in [1.54, 1.807) is 14.0 Å². The zero-order valence-electron chi connectivity index (χ0n) is 9.27. The number of methoxy groups -OCH3 is 1. The van der Waals surface area contributed by atoms with E-state index >= 15 is 0 Å². The van der Waals surface area contributed by atoms with Crippen molar-refractivity contribution < 1.29 is 19.4 Å². The average Bonchev–Trinajstić information content (AvgIpc) is 2.70. The van der Waals surface area contributed by atoms with Crippen molar-refractivity contribution in [3.8, 4) is 11.5 Å². The molecule has 16 heavy (non-hydrogen) atoms. The van der Waals surface area contributed by atoms with Gasteiger partial charge < -0.3 is 14.6 Å². The van der Waals surface area contributed by atoms with Gasteiger partial charge in [0, 0.05) is 12.0 Å². The summed E-state index contributed by atoms with van der Waals surface area (Å²) in [6.07, 6.45) is 0.288. The van der Waals surface area contributed by atoms with E-state index in [-0.39, 0.29) is 6.10 Å². The second-order valence-electron chi connectivity index (χ2n) is 3.92. The molecule has 4 heteroatoms. The highest BCUT2D eigenvalue weighted by atomic mass is 16.5. The van der Waals surface area contributed by atoms with Crippen molar-refractivity contribution in [2.75, 3.05) is 7.11 Å². The Kier molecular flexibility index (Phi) is 2.73. The number of carbonyl (C=O) groups is 1. The molecule has 1 N–H and O–H groups in total. The molecule has 1 aliphatic heterocycles. The lowest BCUT2D eigenvalue weighted by molar-refractivity contribution is -0.143. The smallest absolute Gasteiger partial charge is 0.309 e. The topological polar surface area (TPSA) is 55.8 Å². The Morgan fingerprint density at radius 3 is 3.00 bits per heavy atom. The first-order chi connectivity index (χ1) is 7.63.